The summed E-state index contributed by atoms with van der Waals surface area (Å²) in [5.74, 6) is -0.0690. The number of nitrogens with zero attached hydrogens (tertiary/aromatic N) is 2. The Balaban J connectivity index is 1.88. The van der Waals surface area contributed by atoms with Crippen LogP contribution in [0, 0.1) is 5.82 Å². The summed E-state index contributed by atoms with van der Waals surface area (Å²) in [6.07, 6.45) is 0. The van der Waals surface area contributed by atoms with Gasteiger partial charge >= 0.3 is 0 Å². The highest BCUT2D eigenvalue weighted by Crippen LogP contribution is 2.54. The number of hydrogen-bond donors (Lipinski definition) is 0. The van der Waals surface area contributed by atoms with Crippen LogP contribution in [0.2, 0.25) is 0 Å². The molecule has 0 bridgehead atoms. The zero-order valence-electron chi connectivity index (χ0n) is 13.0. The zero-order valence-corrected chi connectivity index (χ0v) is 14.6. The minimum Gasteiger partial charge on any atom is -0.310 e. The fourth-order valence-electron chi connectivity index (χ4n) is 3.43. The largest absolute Gasteiger partial charge is 0.310 e. The Morgan fingerprint density at radius 1 is 1.38 bits per heavy atom. The van der Waals surface area contributed by atoms with E-state index in [0.717, 1.165) is 0 Å². The van der Waals surface area contributed by atoms with Crippen molar-refractivity contribution in [1.82, 2.24) is 4.90 Å². The van der Waals surface area contributed by atoms with E-state index in [-0.39, 0.29) is 11.8 Å². The Bertz CT molecular complexity index is 824. The molecular formula is C17H15FN2O2S2. The summed E-state index contributed by atoms with van der Waals surface area (Å²) in [5.41, 5.74) is 1.28. The SMILES string of the molecule is CCN1C(=O)C2(SCCN2C(=O)c2cccs2)c2cc(F)ccc21. The van der Waals surface area contributed by atoms with Gasteiger partial charge < -0.3 is 9.80 Å². The van der Waals surface area contributed by atoms with Crippen molar-refractivity contribution in [2.45, 2.75) is 11.8 Å². The first kappa shape index (κ1) is 15.7. The van der Waals surface area contributed by atoms with Crippen molar-refractivity contribution in [1.29, 1.82) is 0 Å². The molecule has 3 heterocycles. The van der Waals surface area contributed by atoms with Crippen LogP contribution in [0.4, 0.5) is 10.1 Å². The third-order valence-corrected chi connectivity index (χ3v) is 6.73. The first-order valence-corrected chi connectivity index (χ1v) is 9.57. The van der Waals surface area contributed by atoms with Crippen molar-refractivity contribution in [2.75, 3.05) is 23.7 Å². The molecule has 0 radical (unpaired) electrons. The van der Waals surface area contributed by atoms with Crippen LogP contribution in [0.5, 0.6) is 0 Å². The van der Waals surface area contributed by atoms with Crippen LogP contribution in [-0.4, -0.2) is 35.6 Å². The molecule has 1 unspecified atom stereocenters. The first-order chi connectivity index (χ1) is 11.6. The molecule has 4 nitrogen and oxygen atoms in total. The van der Waals surface area contributed by atoms with Crippen molar-refractivity contribution in [3.63, 3.8) is 0 Å². The van der Waals surface area contributed by atoms with E-state index in [1.807, 2.05) is 18.4 Å². The summed E-state index contributed by atoms with van der Waals surface area (Å²) >= 11 is 2.77. The Morgan fingerprint density at radius 2 is 2.21 bits per heavy atom. The lowest BCUT2D eigenvalue weighted by Gasteiger charge is -2.32. The molecule has 1 saturated heterocycles. The second-order valence-corrected chi connectivity index (χ2v) is 7.87. The molecule has 0 saturated carbocycles. The smallest absolute Gasteiger partial charge is 0.268 e. The van der Waals surface area contributed by atoms with Crippen LogP contribution in [-0.2, 0) is 9.67 Å². The van der Waals surface area contributed by atoms with Crippen molar-refractivity contribution in [3.05, 3.63) is 52.0 Å². The maximum atomic E-state index is 13.9. The number of likely N-dealkylation sites (N-methyl/N-ethyl adjacent to an activating group) is 1. The maximum Gasteiger partial charge on any atom is 0.268 e. The molecule has 2 aliphatic heterocycles. The minimum absolute atomic E-state index is 0.155. The fraction of sp³-hybridized carbons (Fsp3) is 0.294. The average Bonchev–Trinajstić information content (AvgIpc) is 3.29. The number of benzene rings is 1. The van der Waals surface area contributed by atoms with E-state index in [4.69, 9.17) is 0 Å². The third-order valence-electron chi connectivity index (χ3n) is 4.45. The van der Waals surface area contributed by atoms with E-state index in [2.05, 4.69) is 0 Å². The van der Waals surface area contributed by atoms with Gasteiger partial charge in [0, 0.05) is 24.4 Å². The number of rotatable bonds is 2. The van der Waals surface area contributed by atoms with Crippen molar-refractivity contribution >= 4 is 40.6 Å². The summed E-state index contributed by atoms with van der Waals surface area (Å²) in [7, 11) is 0. The number of carbonyl (C=O) groups excluding carboxylic acids is 2. The number of fused-ring (bicyclic) bond motifs is 2. The van der Waals surface area contributed by atoms with Gasteiger partial charge in [-0.25, -0.2) is 4.39 Å². The molecule has 1 fully saturated rings. The molecule has 7 heteroatoms. The fourth-order valence-corrected chi connectivity index (χ4v) is 5.56. The Labute approximate surface area is 147 Å². The molecule has 124 valence electrons. The molecule has 1 atom stereocenters. The molecule has 0 N–H and O–H groups in total. The predicted molar refractivity (Wildman–Crippen MR) is 93.9 cm³/mol. The average molecular weight is 362 g/mol. The van der Waals surface area contributed by atoms with Crippen LogP contribution in [0.15, 0.2) is 35.7 Å². The molecular weight excluding hydrogens is 347 g/mol. The molecule has 24 heavy (non-hydrogen) atoms. The van der Waals surface area contributed by atoms with E-state index in [9.17, 15) is 14.0 Å². The second kappa shape index (κ2) is 5.60. The maximum absolute atomic E-state index is 13.9. The van der Waals surface area contributed by atoms with E-state index in [0.29, 0.717) is 35.0 Å². The normalized spacial score (nSPS) is 22.5. The van der Waals surface area contributed by atoms with Gasteiger partial charge in [-0.1, -0.05) is 6.07 Å². The molecule has 0 aliphatic carbocycles. The van der Waals surface area contributed by atoms with E-state index < -0.39 is 10.7 Å². The van der Waals surface area contributed by atoms with E-state index in [1.165, 1.54) is 35.2 Å². The van der Waals surface area contributed by atoms with Gasteiger partial charge in [0.25, 0.3) is 11.8 Å². The Kier molecular flexibility index (Phi) is 3.65. The van der Waals surface area contributed by atoms with Crippen LogP contribution in [0.1, 0.15) is 22.2 Å². The number of thiophene rings is 1. The lowest BCUT2D eigenvalue weighted by atomic mass is 10.1. The van der Waals surface area contributed by atoms with Gasteiger partial charge in [0.15, 0.2) is 4.87 Å². The van der Waals surface area contributed by atoms with Crippen molar-refractivity contribution in [3.8, 4) is 0 Å². The lowest BCUT2D eigenvalue weighted by molar-refractivity contribution is -0.123. The third kappa shape index (κ3) is 1.97. The van der Waals surface area contributed by atoms with Crippen LogP contribution in [0.25, 0.3) is 0 Å². The standard InChI is InChI=1S/C17H15FN2O2S2/c1-2-19-13-6-5-11(18)10-12(13)17(16(19)22)20(7-9-24-17)15(21)14-4-3-8-23-14/h3-6,8,10H,2,7,9H2,1H3. The quantitative estimate of drug-likeness (QED) is 0.823. The summed E-state index contributed by atoms with van der Waals surface area (Å²) in [6.45, 7) is 2.84. The molecule has 4 rings (SSSR count). The van der Waals surface area contributed by atoms with Crippen LogP contribution >= 0.6 is 23.1 Å². The monoisotopic (exact) mass is 362 g/mol. The van der Waals surface area contributed by atoms with Gasteiger partial charge in [-0.2, -0.15) is 0 Å². The summed E-state index contributed by atoms with van der Waals surface area (Å²) in [6, 6.07) is 7.96. The zero-order chi connectivity index (χ0) is 16.9. The number of anilines is 1. The van der Waals surface area contributed by atoms with Crippen molar-refractivity contribution < 1.29 is 14.0 Å². The number of carbonyl (C=O) groups is 2. The second-order valence-electron chi connectivity index (χ2n) is 5.64. The van der Waals surface area contributed by atoms with E-state index in [1.54, 1.807) is 21.9 Å². The molecule has 2 aromatic rings. The number of thioether (sulfide) groups is 1. The Hall–Kier alpha value is -1.86. The number of hydrogen-bond acceptors (Lipinski definition) is 4. The van der Waals surface area contributed by atoms with Gasteiger partial charge in [0.05, 0.1) is 10.6 Å². The summed E-state index contributed by atoms with van der Waals surface area (Å²) in [4.78, 5) is 28.9. The van der Waals surface area contributed by atoms with Gasteiger partial charge in [0.1, 0.15) is 5.82 Å². The highest BCUT2D eigenvalue weighted by molar-refractivity contribution is 8.01. The van der Waals surface area contributed by atoms with Crippen LogP contribution in [0.3, 0.4) is 0 Å². The van der Waals surface area contributed by atoms with Crippen LogP contribution < -0.4 is 4.90 Å². The minimum atomic E-state index is -1.14. The van der Waals surface area contributed by atoms with Gasteiger partial charge in [-0.05, 0) is 36.6 Å². The molecule has 2 aliphatic rings. The van der Waals surface area contributed by atoms with Crippen molar-refractivity contribution in [2.24, 2.45) is 0 Å². The highest BCUT2D eigenvalue weighted by atomic mass is 32.2. The number of halogens is 1. The van der Waals surface area contributed by atoms with E-state index >= 15 is 0 Å². The number of amides is 2. The highest BCUT2D eigenvalue weighted by Gasteiger charge is 2.59. The summed E-state index contributed by atoms with van der Waals surface area (Å²) < 4.78 is 13.9. The Morgan fingerprint density at radius 3 is 2.92 bits per heavy atom. The lowest BCUT2D eigenvalue weighted by Crippen LogP contribution is -2.50. The van der Waals surface area contributed by atoms with Gasteiger partial charge in [0.2, 0.25) is 0 Å². The molecule has 1 aromatic heterocycles. The first-order valence-electron chi connectivity index (χ1n) is 7.71. The molecule has 2 amide bonds. The van der Waals surface area contributed by atoms with Gasteiger partial charge in [-0.15, -0.1) is 23.1 Å². The topological polar surface area (TPSA) is 40.6 Å². The van der Waals surface area contributed by atoms with Gasteiger partial charge in [-0.3, -0.25) is 9.59 Å². The molecule has 1 spiro atoms. The molecule has 1 aromatic carbocycles. The summed E-state index contributed by atoms with van der Waals surface area (Å²) in [5, 5.41) is 1.84. The predicted octanol–water partition coefficient (Wildman–Crippen LogP) is 3.30.